The van der Waals surface area contributed by atoms with Gasteiger partial charge >= 0.3 is 0 Å². The zero-order valence-electron chi connectivity index (χ0n) is 17.3. The van der Waals surface area contributed by atoms with Gasteiger partial charge in [0.15, 0.2) is 0 Å². The van der Waals surface area contributed by atoms with E-state index in [9.17, 15) is 0 Å². The Morgan fingerprint density at radius 2 is 1.17 bits per heavy atom. The number of nitrogens with zero attached hydrogens (tertiary/aromatic N) is 1. The maximum atomic E-state index is 5.21. The van der Waals surface area contributed by atoms with E-state index in [-0.39, 0.29) is 0 Å². The second-order valence-corrected chi connectivity index (χ2v) is 7.87. The van der Waals surface area contributed by atoms with Crippen LogP contribution in [0.3, 0.4) is 0 Å². The second kappa shape index (κ2) is 7.61. The van der Waals surface area contributed by atoms with Crippen LogP contribution in [0.2, 0.25) is 0 Å². The summed E-state index contributed by atoms with van der Waals surface area (Å²) in [5.74, 6) is 0. The Bertz CT molecular complexity index is 1330. The first-order chi connectivity index (χ1) is 14.7. The average molecular weight is 386 g/mol. The third-order valence-electron chi connectivity index (χ3n) is 5.52. The third kappa shape index (κ3) is 3.40. The molecule has 0 bridgehead atoms. The van der Waals surface area contributed by atoms with Crippen LogP contribution in [0.5, 0.6) is 0 Å². The molecule has 0 aliphatic carbocycles. The smallest absolute Gasteiger partial charge is 0.0788 e. The van der Waals surface area contributed by atoms with Gasteiger partial charge in [0, 0.05) is 16.5 Å². The SMILES string of the molecule is Cc1cc(C)cc(-c2nc(-c3ccccc3-c3ccccc3)cc3ccccc23)c1. The molecule has 0 spiro atoms. The normalized spacial score (nSPS) is 11.0. The van der Waals surface area contributed by atoms with Crippen LogP contribution in [0.1, 0.15) is 11.1 Å². The lowest BCUT2D eigenvalue weighted by Gasteiger charge is -2.14. The lowest BCUT2D eigenvalue weighted by Crippen LogP contribution is -1.94. The summed E-state index contributed by atoms with van der Waals surface area (Å²) >= 11 is 0. The predicted octanol–water partition coefficient (Wildman–Crippen LogP) is 7.85. The molecule has 0 aliphatic rings. The van der Waals surface area contributed by atoms with Crippen molar-refractivity contribution in [3.05, 3.63) is 114 Å². The fourth-order valence-electron chi connectivity index (χ4n) is 4.24. The quantitative estimate of drug-likeness (QED) is 0.308. The van der Waals surface area contributed by atoms with E-state index in [2.05, 4.69) is 117 Å². The summed E-state index contributed by atoms with van der Waals surface area (Å²) < 4.78 is 0. The van der Waals surface area contributed by atoms with Crippen molar-refractivity contribution in [2.24, 2.45) is 0 Å². The molecule has 0 fully saturated rings. The van der Waals surface area contributed by atoms with Gasteiger partial charge in [-0.2, -0.15) is 0 Å². The first kappa shape index (κ1) is 18.3. The molecule has 0 radical (unpaired) electrons. The number of aryl methyl sites for hydroxylation is 2. The summed E-state index contributed by atoms with van der Waals surface area (Å²) in [6.07, 6.45) is 0. The lowest BCUT2D eigenvalue weighted by atomic mass is 9.95. The zero-order valence-corrected chi connectivity index (χ0v) is 17.3. The van der Waals surface area contributed by atoms with Crippen LogP contribution in [0.4, 0.5) is 0 Å². The number of aromatic nitrogens is 1. The van der Waals surface area contributed by atoms with Crippen LogP contribution >= 0.6 is 0 Å². The average Bonchev–Trinajstić information content (AvgIpc) is 2.78. The number of pyridine rings is 1. The van der Waals surface area contributed by atoms with Gasteiger partial charge in [-0.15, -0.1) is 0 Å². The van der Waals surface area contributed by atoms with Gasteiger partial charge in [-0.1, -0.05) is 96.1 Å². The van der Waals surface area contributed by atoms with E-state index in [4.69, 9.17) is 4.98 Å². The van der Waals surface area contributed by atoms with Gasteiger partial charge in [0.05, 0.1) is 11.4 Å². The lowest BCUT2D eigenvalue weighted by molar-refractivity contribution is 1.32. The molecule has 0 atom stereocenters. The van der Waals surface area contributed by atoms with Gasteiger partial charge in [-0.3, -0.25) is 0 Å². The summed E-state index contributed by atoms with van der Waals surface area (Å²) in [5.41, 5.74) is 9.28. The van der Waals surface area contributed by atoms with E-state index in [1.165, 1.54) is 38.6 Å². The van der Waals surface area contributed by atoms with Crippen molar-refractivity contribution in [1.29, 1.82) is 0 Å². The molecule has 1 aromatic heterocycles. The fourth-order valence-corrected chi connectivity index (χ4v) is 4.24. The standard InChI is InChI=1S/C29H23N/c1-20-16-21(2)18-24(17-20)29-26-14-7-6-12-23(26)19-28(30-29)27-15-9-8-13-25(27)22-10-4-3-5-11-22/h3-19H,1-2H3. The monoisotopic (exact) mass is 385 g/mol. The number of hydrogen-bond donors (Lipinski definition) is 0. The molecule has 1 nitrogen and oxygen atoms in total. The van der Waals surface area contributed by atoms with E-state index >= 15 is 0 Å². The molecular formula is C29H23N. The zero-order chi connectivity index (χ0) is 20.5. The molecule has 0 aliphatic heterocycles. The van der Waals surface area contributed by atoms with Crippen molar-refractivity contribution in [2.45, 2.75) is 13.8 Å². The second-order valence-electron chi connectivity index (χ2n) is 7.87. The summed E-state index contributed by atoms with van der Waals surface area (Å²) in [7, 11) is 0. The number of rotatable bonds is 3. The van der Waals surface area contributed by atoms with Crippen LogP contribution < -0.4 is 0 Å². The van der Waals surface area contributed by atoms with Crippen molar-refractivity contribution < 1.29 is 0 Å². The van der Waals surface area contributed by atoms with Crippen molar-refractivity contribution in [2.75, 3.05) is 0 Å². The van der Waals surface area contributed by atoms with Gasteiger partial charge in [0.1, 0.15) is 0 Å². The molecule has 0 unspecified atom stereocenters. The summed E-state index contributed by atoms with van der Waals surface area (Å²) in [6, 6.07) is 36.5. The van der Waals surface area contributed by atoms with Crippen molar-refractivity contribution >= 4 is 10.8 Å². The van der Waals surface area contributed by atoms with Crippen LogP contribution in [0.25, 0.3) is 44.4 Å². The minimum atomic E-state index is 1.00. The predicted molar refractivity (Wildman–Crippen MR) is 128 cm³/mol. The largest absolute Gasteiger partial charge is 0.247 e. The Balaban J connectivity index is 1.79. The topological polar surface area (TPSA) is 12.9 Å². The highest BCUT2D eigenvalue weighted by molar-refractivity contribution is 5.98. The van der Waals surface area contributed by atoms with Crippen LogP contribution in [-0.4, -0.2) is 4.98 Å². The van der Waals surface area contributed by atoms with Gasteiger partial charge < -0.3 is 0 Å². The minimum absolute atomic E-state index is 1.00. The highest BCUT2D eigenvalue weighted by atomic mass is 14.7. The van der Waals surface area contributed by atoms with E-state index in [0.717, 1.165) is 17.0 Å². The van der Waals surface area contributed by atoms with E-state index in [0.29, 0.717) is 0 Å². The molecule has 1 heterocycles. The van der Waals surface area contributed by atoms with Crippen molar-refractivity contribution in [3.63, 3.8) is 0 Å². The van der Waals surface area contributed by atoms with Crippen LogP contribution in [-0.2, 0) is 0 Å². The maximum Gasteiger partial charge on any atom is 0.0788 e. The molecule has 5 rings (SSSR count). The van der Waals surface area contributed by atoms with Crippen molar-refractivity contribution in [3.8, 4) is 33.6 Å². The molecule has 5 aromatic rings. The molecule has 144 valence electrons. The first-order valence-corrected chi connectivity index (χ1v) is 10.3. The van der Waals surface area contributed by atoms with Crippen molar-refractivity contribution in [1.82, 2.24) is 4.98 Å². The molecule has 4 aromatic carbocycles. The number of hydrogen-bond acceptors (Lipinski definition) is 1. The molecule has 0 amide bonds. The van der Waals surface area contributed by atoms with Gasteiger partial charge in [-0.25, -0.2) is 4.98 Å². The summed E-state index contributed by atoms with van der Waals surface area (Å²) in [6.45, 7) is 4.29. The van der Waals surface area contributed by atoms with E-state index in [1.54, 1.807) is 0 Å². The summed E-state index contributed by atoms with van der Waals surface area (Å²) in [4.78, 5) is 5.21. The molecule has 0 saturated heterocycles. The molecular weight excluding hydrogens is 362 g/mol. The minimum Gasteiger partial charge on any atom is -0.247 e. The van der Waals surface area contributed by atoms with Crippen LogP contribution in [0.15, 0.2) is 103 Å². The Morgan fingerprint density at radius 1 is 0.533 bits per heavy atom. The van der Waals surface area contributed by atoms with Gasteiger partial charge in [-0.05, 0) is 48.6 Å². The number of fused-ring (bicyclic) bond motifs is 1. The molecule has 0 N–H and O–H groups in total. The Morgan fingerprint density at radius 3 is 1.93 bits per heavy atom. The third-order valence-corrected chi connectivity index (χ3v) is 5.52. The Kier molecular flexibility index (Phi) is 4.65. The first-order valence-electron chi connectivity index (χ1n) is 10.3. The molecule has 30 heavy (non-hydrogen) atoms. The van der Waals surface area contributed by atoms with E-state index in [1.807, 2.05) is 0 Å². The maximum absolute atomic E-state index is 5.21. The van der Waals surface area contributed by atoms with Crippen LogP contribution in [0, 0.1) is 13.8 Å². The highest BCUT2D eigenvalue weighted by Gasteiger charge is 2.13. The van der Waals surface area contributed by atoms with E-state index < -0.39 is 0 Å². The highest BCUT2D eigenvalue weighted by Crippen LogP contribution is 2.36. The Labute approximate surface area is 177 Å². The Hall–Kier alpha value is -3.71. The fraction of sp³-hybridized carbons (Fsp3) is 0.0690. The number of benzene rings is 4. The van der Waals surface area contributed by atoms with Gasteiger partial charge in [0.2, 0.25) is 0 Å². The summed E-state index contributed by atoms with van der Waals surface area (Å²) in [5, 5.41) is 2.39. The molecule has 0 saturated carbocycles. The van der Waals surface area contributed by atoms with Gasteiger partial charge in [0.25, 0.3) is 0 Å². The molecule has 1 heteroatoms.